The number of imidazole rings is 1. The van der Waals surface area contributed by atoms with Crippen molar-refractivity contribution in [3.8, 4) is 0 Å². The standard InChI is InChI=1S/C27H37N7O2/c1-6-23(35)32-14-16-33(17-15-32)27(7-2,8-3)21-12-10-20(11-13-21)19(5)29-25-28-18-22-24(31-25)34(9-4)26(36)30-22/h6,10-13,18-19H,1,7-9,14-17H2,2-5H3,(H,30,36)(H,28,29,31)/t19-/m0/s1. The van der Waals surface area contributed by atoms with Gasteiger partial charge in [-0.05, 0) is 43.9 Å². The molecule has 1 atom stereocenters. The summed E-state index contributed by atoms with van der Waals surface area (Å²) in [5.74, 6) is 0.500. The number of fused-ring (bicyclic) bond motifs is 1. The van der Waals surface area contributed by atoms with E-state index < -0.39 is 0 Å². The molecule has 1 aromatic carbocycles. The van der Waals surface area contributed by atoms with Crippen molar-refractivity contribution in [3.05, 3.63) is 64.7 Å². The second-order valence-electron chi connectivity index (χ2n) is 9.35. The van der Waals surface area contributed by atoms with E-state index in [0.29, 0.717) is 23.7 Å². The van der Waals surface area contributed by atoms with Gasteiger partial charge in [-0.25, -0.2) is 9.78 Å². The molecule has 1 aliphatic rings. The lowest BCUT2D eigenvalue weighted by atomic mass is 9.81. The van der Waals surface area contributed by atoms with E-state index in [4.69, 9.17) is 0 Å². The topological polar surface area (TPSA) is 99.2 Å². The summed E-state index contributed by atoms with van der Waals surface area (Å²) < 4.78 is 1.60. The van der Waals surface area contributed by atoms with Crippen LogP contribution in [0.4, 0.5) is 5.95 Å². The molecule has 0 aliphatic carbocycles. The highest BCUT2D eigenvalue weighted by Gasteiger charge is 2.37. The van der Waals surface area contributed by atoms with Crippen LogP contribution >= 0.6 is 0 Å². The highest BCUT2D eigenvalue weighted by molar-refractivity contribution is 5.87. The smallest absolute Gasteiger partial charge is 0.327 e. The molecule has 36 heavy (non-hydrogen) atoms. The number of piperazine rings is 1. The van der Waals surface area contributed by atoms with Crippen LogP contribution in [0.15, 0.2) is 47.9 Å². The number of carbonyl (C=O) groups is 1. The predicted octanol–water partition coefficient (Wildman–Crippen LogP) is 3.66. The van der Waals surface area contributed by atoms with Gasteiger partial charge in [-0.3, -0.25) is 14.3 Å². The van der Waals surface area contributed by atoms with Gasteiger partial charge >= 0.3 is 5.69 Å². The Morgan fingerprint density at radius 2 is 1.83 bits per heavy atom. The fraction of sp³-hybridized carbons (Fsp3) is 0.481. The Morgan fingerprint density at radius 1 is 1.17 bits per heavy atom. The van der Waals surface area contributed by atoms with E-state index >= 15 is 0 Å². The second kappa shape index (κ2) is 10.7. The molecule has 9 nitrogen and oxygen atoms in total. The van der Waals surface area contributed by atoms with Gasteiger partial charge in [0.15, 0.2) is 5.65 Å². The number of aryl methyl sites for hydroxylation is 1. The molecule has 1 fully saturated rings. The first-order chi connectivity index (χ1) is 17.4. The molecule has 2 N–H and O–H groups in total. The van der Waals surface area contributed by atoms with Gasteiger partial charge in [0.2, 0.25) is 11.9 Å². The van der Waals surface area contributed by atoms with Crippen LogP contribution in [0.5, 0.6) is 0 Å². The molecule has 1 aliphatic heterocycles. The maximum absolute atomic E-state index is 12.1. The van der Waals surface area contributed by atoms with Gasteiger partial charge < -0.3 is 15.2 Å². The molecule has 9 heteroatoms. The number of nitrogens with zero attached hydrogens (tertiary/aromatic N) is 5. The second-order valence-corrected chi connectivity index (χ2v) is 9.35. The number of hydrogen-bond acceptors (Lipinski definition) is 6. The normalized spacial score (nSPS) is 15.7. The van der Waals surface area contributed by atoms with Crippen molar-refractivity contribution in [1.29, 1.82) is 0 Å². The summed E-state index contributed by atoms with van der Waals surface area (Å²) in [5, 5.41) is 3.37. The summed E-state index contributed by atoms with van der Waals surface area (Å²) in [6.45, 7) is 15.8. The zero-order chi connectivity index (χ0) is 25.9. The summed E-state index contributed by atoms with van der Waals surface area (Å²) in [6.07, 6.45) is 5.04. The van der Waals surface area contributed by atoms with E-state index in [1.54, 1.807) is 10.8 Å². The predicted molar refractivity (Wildman–Crippen MR) is 143 cm³/mol. The third kappa shape index (κ3) is 4.67. The number of aromatic nitrogens is 4. The van der Waals surface area contributed by atoms with E-state index in [0.717, 1.165) is 44.6 Å². The van der Waals surface area contributed by atoms with Crippen LogP contribution in [0, 0.1) is 0 Å². The molecule has 4 rings (SSSR count). The third-order valence-electron chi connectivity index (χ3n) is 7.66. The Bertz CT molecular complexity index is 1270. The van der Waals surface area contributed by atoms with Crippen LogP contribution in [-0.2, 0) is 16.9 Å². The van der Waals surface area contributed by atoms with Crippen LogP contribution in [0.3, 0.4) is 0 Å². The zero-order valence-corrected chi connectivity index (χ0v) is 21.8. The largest absolute Gasteiger partial charge is 0.348 e. The van der Waals surface area contributed by atoms with Crippen LogP contribution in [0.25, 0.3) is 11.2 Å². The molecule has 2 aromatic heterocycles. The van der Waals surface area contributed by atoms with Gasteiger partial charge in [0.1, 0.15) is 5.52 Å². The monoisotopic (exact) mass is 491 g/mol. The van der Waals surface area contributed by atoms with Gasteiger partial charge in [0.25, 0.3) is 0 Å². The number of nitrogens with one attached hydrogen (secondary N) is 2. The van der Waals surface area contributed by atoms with Gasteiger partial charge in [0, 0.05) is 38.3 Å². The number of anilines is 1. The van der Waals surface area contributed by atoms with Gasteiger partial charge in [0.05, 0.1) is 12.2 Å². The van der Waals surface area contributed by atoms with Crippen molar-refractivity contribution >= 4 is 23.0 Å². The third-order valence-corrected chi connectivity index (χ3v) is 7.66. The Hall–Kier alpha value is -3.46. The Labute approximate surface area is 212 Å². The lowest BCUT2D eigenvalue weighted by Gasteiger charge is -2.47. The highest BCUT2D eigenvalue weighted by atomic mass is 16.2. The highest BCUT2D eigenvalue weighted by Crippen LogP contribution is 2.37. The molecule has 3 heterocycles. The fourth-order valence-corrected chi connectivity index (χ4v) is 5.44. The average molecular weight is 492 g/mol. The lowest BCUT2D eigenvalue weighted by Crippen LogP contribution is -2.56. The van der Waals surface area contributed by atoms with Crippen molar-refractivity contribution in [2.75, 3.05) is 31.5 Å². The summed E-state index contributed by atoms with van der Waals surface area (Å²) in [5.41, 5.74) is 3.43. The van der Waals surface area contributed by atoms with Crippen LogP contribution in [0.2, 0.25) is 0 Å². The number of aromatic amines is 1. The van der Waals surface area contributed by atoms with E-state index in [1.165, 1.54) is 11.6 Å². The molecule has 0 radical (unpaired) electrons. The van der Waals surface area contributed by atoms with Gasteiger partial charge in [-0.1, -0.05) is 44.7 Å². The molecule has 0 bridgehead atoms. The van der Waals surface area contributed by atoms with Crippen LogP contribution < -0.4 is 11.0 Å². The molecule has 1 saturated heterocycles. The first-order valence-electron chi connectivity index (χ1n) is 12.9. The quantitative estimate of drug-likeness (QED) is 0.443. The molecule has 0 unspecified atom stereocenters. The van der Waals surface area contributed by atoms with Crippen molar-refractivity contribution in [3.63, 3.8) is 0 Å². The number of benzene rings is 1. The Kier molecular flexibility index (Phi) is 7.59. The first kappa shape index (κ1) is 25.6. The van der Waals surface area contributed by atoms with Gasteiger partial charge in [-0.2, -0.15) is 4.98 Å². The molecule has 192 valence electrons. The Balaban J connectivity index is 1.50. The summed E-state index contributed by atoms with van der Waals surface area (Å²) in [6, 6.07) is 8.78. The molecular formula is C27H37N7O2. The zero-order valence-electron chi connectivity index (χ0n) is 21.8. The van der Waals surface area contributed by atoms with E-state index in [1.807, 2.05) is 11.8 Å². The van der Waals surface area contributed by atoms with Crippen molar-refractivity contribution in [2.24, 2.45) is 0 Å². The Morgan fingerprint density at radius 3 is 2.42 bits per heavy atom. The average Bonchev–Trinajstić information content (AvgIpc) is 3.24. The minimum Gasteiger partial charge on any atom is -0.348 e. The van der Waals surface area contributed by atoms with Crippen molar-refractivity contribution < 1.29 is 4.79 Å². The van der Waals surface area contributed by atoms with Gasteiger partial charge in [-0.15, -0.1) is 0 Å². The van der Waals surface area contributed by atoms with E-state index in [9.17, 15) is 9.59 Å². The maximum Gasteiger partial charge on any atom is 0.327 e. The summed E-state index contributed by atoms with van der Waals surface area (Å²) in [7, 11) is 0. The van der Waals surface area contributed by atoms with Crippen LogP contribution in [0.1, 0.15) is 57.7 Å². The van der Waals surface area contributed by atoms with Crippen LogP contribution in [-0.4, -0.2) is 61.4 Å². The number of amides is 1. The summed E-state index contributed by atoms with van der Waals surface area (Å²) in [4.78, 5) is 40.2. The first-order valence-corrected chi connectivity index (χ1v) is 12.9. The van der Waals surface area contributed by atoms with Crippen molar-refractivity contribution in [1.82, 2.24) is 29.3 Å². The SMILES string of the molecule is C=CC(=O)N1CCN(C(CC)(CC)c2ccc([C@H](C)Nc3ncc4[nH]c(=O)n(CC)c4n3)cc2)CC1. The number of H-pyrrole nitrogens is 1. The number of carbonyl (C=O) groups excluding carboxylic acids is 1. The fourth-order valence-electron chi connectivity index (χ4n) is 5.44. The maximum atomic E-state index is 12.1. The number of hydrogen-bond donors (Lipinski definition) is 2. The van der Waals surface area contributed by atoms with E-state index in [2.05, 4.69) is 76.8 Å². The lowest BCUT2D eigenvalue weighted by molar-refractivity contribution is -0.129. The molecule has 3 aromatic rings. The molecule has 0 spiro atoms. The van der Waals surface area contributed by atoms with Crippen molar-refractivity contribution in [2.45, 2.75) is 58.7 Å². The molecule has 0 saturated carbocycles. The molecule has 1 amide bonds. The van der Waals surface area contributed by atoms with E-state index in [-0.39, 0.29) is 23.2 Å². The molecular weight excluding hydrogens is 454 g/mol. The minimum atomic E-state index is -0.174. The summed E-state index contributed by atoms with van der Waals surface area (Å²) >= 11 is 0. The number of rotatable bonds is 9. The minimum absolute atomic E-state index is 0.0108.